The first kappa shape index (κ1) is 20.8. The van der Waals surface area contributed by atoms with Gasteiger partial charge in [-0.05, 0) is 24.1 Å². The maximum absolute atomic E-state index is 12.8. The van der Waals surface area contributed by atoms with E-state index in [0.717, 1.165) is 15.4 Å². The van der Waals surface area contributed by atoms with Gasteiger partial charge in [0, 0.05) is 16.7 Å². The molecule has 0 bridgehead atoms. The molecule has 0 radical (unpaired) electrons. The van der Waals surface area contributed by atoms with Gasteiger partial charge in [-0.2, -0.15) is 9.48 Å². The number of imide groups is 1. The Kier molecular flexibility index (Phi) is 6.17. The number of urea groups is 1. The fraction of sp³-hybridized carbons (Fsp3) is 0.350. The Balaban J connectivity index is 1.80. The molecule has 0 saturated carbocycles. The summed E-state index contributed by atoms with van der Waals surface area (Å²) in [5.74, 6) is -0.0265. The number of allylic oxidation sites excluding steroid dienone is 1. The van der Waals surface area contributed by atoms with Crippen LogP contribution in [0.5, 0.6) is 5.75 Å². The number of hydrogen-bond acceptors (Lipinski definition) is 6. The van der Waals surface area contributed by atoms with Crippen molar-refractivity contribution in [1.29, 1.82) is 0 Å². The molecule has 4 amide bonds. The number of dihydropyridines is 1. The van der Waals surface area contributed by atoms with Gasteiger partial charge in [-0.15, -0.1) is 16.8 Å². The molecule has 1 atom stereocenters. The summed E-state index contributed by atoms with van der Waals surface area (Å²) in [6.07, 6.45) is 2.35. The quantitative estimate of drug-likeness (QED) is 0.721. The van der Waals surface area contributed by atoms with Crippen LogP contribution in [0.25, 0.3) is 0 Å². The number of rotatable bonds is 6. The molecule has 1 N–H and O–H groups in total. The summed E-state index contributed by atoms with van der Waals surface area (Å²) < 4.78 is 6.55. The molecule has 152 valence electrons. The number of fused-ring (bicyclic) bond motifs is 1. The van der Waals surface area contributed by atoms with Gasteiger partial charge in [0.15, 0.2) is 5.92 Å². The molecule has 0 aromatic heterocycles. The van der Waals surface area contributed by atoms with Crippen molar-refractivity contribution in [2.24, 2.45) is 10.9 Å². The van der Waals surface area contributed by atoms with Gasteiger partial charge in [0.25, 0.3) is 5.84 Å². The van der Waals surface area contributed by atoms with E-state index in [-0.39, 0.29) is 17.6 Å². The SMILES string of the molecule is CCC1=C(SCC(=O)Nc2cccc(OC)c2)C2C(=O)N(C)C(=O)[N+](C)=C2N=C1. The number of carbonyl (C=O) groups is 3. The molecule has 29 heavy (non-hydrogen) atoms. The summed E-state index contributed by atoms with van der Waals surface area (Å²) in [7, 11) is 4.62. The van der Waals surface area contributed by atoms with Gasteiger partial charge in [-0.25, -0.2) is 4.79 Å². The number of nitrogens with one attached hydrogen (secondary N) is 1. The molecule has 0 aliphatic carbocycles. The average Bonchev–Trinajstić information content (AvgIpc) is 2.74. The van der Waals surface area contributed by atoms with Gasteiger partial charge < -0.3 is 10.1 Å². The normalized spacial score (nSPS) is 18.9. The predicted molar refractivity (Wildman–Crippen MR) is 113 cm³/mol. The van der Waals surface area contributed by atoms with Crippen LogP contribution < -0.4 is 10.1 Å². The summed E-state index contributed by atoms with van der Waals surface area (Å²) in [4.78, 5) is 43.7. The summed E-state index contributed by atoms with van der Waals surface area (Å²) >= 11 is 1.30. The van der Waals surface area contributed by atoms with Gasteiger partial charge in [0.1, 0.15) is 12.0 Å². The maximum atomic E-state index is 12.8. The predicted octanol–water partition coefficient (Wildman–Crippen LogP) is 2.36. The van der Waals surface area contributed by atoms with Crippen LogP contribution in [-0.2, 0) is 9.59 Å². The van der Waals surface area contributed by atoms with Crippen LogP contribution in [0.1, 0.15) is 13.3 Å². The van der Waals surface area contributed by atoms with Crippen molar-refractivity contribution in [2.45, 2.75) is 13.3 Å². The third-order valence-electron chi connectivity index (χ3n) is 4.78. The molecule has 2 heterocycles. The van der Waals surface area contributed by atoms with Crippen molar-refractivity contribution in [3.8, 4) is 5.75 Å². The van der Waals surface area contributed by atoms with E-state index < -0.39 is 11.9 Å². The van der Waals surface area contributed by atoms with Crippen molar-refractivity contribution in [2.75, 3.05) is 32.3 Å². The van der Waals surface area contributed by atoms with E-state index in [0.29, 0.717) is 23.7 Å². The Morgan fingerprint density at radius 2 is 2.14 bits per heavy atom. The highest BCUT2D eigenvalue weighted by atomic mass is 32.2. The molecule has 1 unspecified atom stereocenters. The van der Waals surface area contributed by atoms with Gasteiger partial charge >= 0.3 is 11.9 Å². The number of amides is 4. The van der Waals surface area contributed by atoms with E-state index >= 15 is 0 Å². The smallest absolute Gasteiger partial charge is 0.445 e. The molecule has 2 aliphatic heterocycles. The third-order valence-corrected chi connectivity index (χ3v) is 5.99. The number of nitrogens with zero attached hydrogens (tertiary/aromatic N) is 3. The highest BCUT2D eigenvalue weighted by molar-refractivity contribution is 8.03. The van der Waals surface area contributed by atoms with Gasteiger partial charge in [0.05, 0.1) is 27.0 Å². The minimum atomic E-state index is -0.669. The lowest BCUT2D eigenvalue weighted by Crippen LogP contribution is -2.52. The number of hydrogen-bond donors (Lipinski definition) is 1. The van der Waals surface area contributed by atoms with Crippen molar-refractivity contribution in [3.05, 3.63) is 34.7 Å². The number of ether oxygens (including phenoxy) is 1. The number of amidine groups is 1. The first-order valence-corrected chi connectivity index (χ1v) is 10.1. The lowest BCUT2D eigenvalue weighted by atomic mass is 9.97. The highest BCUT2D eigenvalue weighted by Crippen LogP contribution is 2.35. The number of methoxy groups -OCH3 is 1. The minimum absolute atomic E-state index is 0.127. The number of benzene rings is 1. The van der Waals surface area contributed by atoms with Gasteiger partial charge in [-0.1, -0.05) is 13.0 Å². The maximum Gasteiger partial charge on any atom is 0.445 e. The topological polar surface area (TPSA) is 91.1 Å². The zero-order valence-corrected chi connectivity index (χ0v) is 17.6. The second kappa shape index (κ2) is 8.60. The number of aliphatic imine (C=N–C) groups is 1. The molecule has 1 aromatic rings. The fourth-order valence-corrected chi connectivity index (χ4v) is 4.30. The molecule has 3 rings (SSSR count). The van der Waals surface area contributed by atoms with Crippen molar-refractivity contribution < 1.29 is 23.7 Å². The molecular weight excluding hydrogens is 392 g/mol. The molecule has 0 saturated heterocycles. The van der Waals surface area contributed by atoms with E-state index in [9.17, 15) is 14.4 Å². The van der Waals surface area contributed by atoms with E-state index in [1.165, 1.54) is 23.4 Å². The first-order chi connectivity index (χ1) is 13.9. The van der Waals surface area contributed by atoms with Crippen LogP contribution in [0.3, 0.4) is 0 Å². The lowest BCUT2D eigenvalue weighted by Gasteiger charge is -2.28. The average molecular weight is 415 g/mol. The van der Waals surface area contributed by atoms with E-state index in [1.54, 1.807) is 44.6 Å². The molecule has 8 nitrogen and oxygen atoms in total. The Bertz CT molecular complexity index is 967. The molecule has 1 aromatic carbocycles. The summed E-state index contributed by atoms with van der Waals surface area (Å²) in [5.41, 5.74) is 1.53. The van der Waals surface area contributed by atoms with Crippen LogP contribution in [0.15, 0.2) is 39.7 Å². The van der Waals surface area contributed by atoms with Crippen LogP contribution in [0.2, 0.25) is 0 Å². The van der Waals surface area contributed by atoms with Crippen LogP contribution in [0, 0.1) is 5.92 Å². The summed E-state index contributed by atoms with van der Waals surface area (Å²) in [6, 6.07) is 6.68. The van der Waals surface area contributed by atoms with Gasteiger partial charge in [-0.3, -0.25) is 9.59 Å². The van der Waals surface area contributed by atoms with Crippen molar-refractivity contribution in [3.63, 3.8) is 0 Å². The monoisotopic (exact) mass is 415 g/mol. The lowest BCUT2D eigenvalue weighted by molar-refractivity contribution is -0.407. The van der Waals surface area contributed by atoms with Crippen LogP contribution in [0.4, 0.5) is 10.5 Å². The van der Waals surface area contributed by atoms with Crippen molar-refractivity contribution in [1.82, 2.24) is 4.90 Å². The molecular formula is C20H23N4O4S+. The zero-order valence-electron chi connectivity index (χ0n) is 16.8. The standard InChI is InChI=1S/C20H22N4O4S/c1-5-12-10-21-18-16(19(26)24(3)20(27)23(18)2)17(12)29-11-15(25)22-13-7-6-8-14(9-13)28-4/h6-10,16H,5,11H2,1-4H3/p+1. The second-order valence-electron chi connectivity index (χ2n) is 6.60. The Morgan fingerprint density at radius 1 is 1.38 bits per heavy atom. The molecule has 0 spiro atoms. The molecule has 2 aliphatic rings. The largest absolute Gasteiger partial charge is 0.497 e. The first-order valence-electron chi connectivity index (χ1n) is 9.13. The molecule has 0 fully saturated rings. The third kappa shape index (κ3) is 4.09. The Labute approximate surface area is 173 Å². The number of thioether (sulfide) groups is 1. The Hall–Kier alpha value is -2.94. The van der Waals surface area contributed by atoms with Gasteiger partial charge in [0.2, 0.25) is 5.91 Å². The highest BCUT2D eigenvalue weighted by Gasteiger charge is 2.48. The van der Waals surface area contributed by atoms with Crippen LogP contribution in [-0.4, -0.2) is 66.3 Å². The van der Waals surface area contributed by atoms with E-state index in [2.05, 4.69) is 10.3 Å². The number of anilines is 1. The van der Waals surface area contributed by atoms with Crippen molar-refractivity contribution >= 4 is 47.3 Å². The van der Waals surface area contributed by atoms with Crippen LogP contribution >= 0.6 is 11.8 Å². The fourth-order valence-electron chi connectivity index (χ4n) is 3.18. The summed E-state index contributed by atoms with van der Waals surface area (Å²) in [6.45, 7) is 1.97. The molecule has 9 heteroatoms. The Morgan fingerprint density at radius 3 is 2.83 bits per heavy atom. The van der Waals surface area contributed by atoms with E-state index in [1.807, 2.05) is 6.92 Å². The van der Waals surface area contributed by atoms with E-state index in [4.69, 9.17) is 4.74 Å². The summed E-state index contributed by atoms with van der Waals surface area (Å²) in [5, 5.41) is 2.83. The second-order valence-corrected chi connectivity index (χ2v) is 7.62. The minimum Gasteiger partial charge on any atom is -0.497 e. The number of carbonyl (C=O) groups excluding carboxylic acids is 3. The zero-order chi connectivity index (χ0) is 21.1.